The lowest BCUT2D eigenvalue weighted by Gasteiger charge is -2.18. The van der Waals surface area contributed by atoms with Crippen molar-refractivity contribution in [2.75, 3.05) is 7.11 Å². The van der Waals surface area contributed by atoms with Crippen LogP contribution in [0.5, 0.6) is 5.75 Å². The summed E-state index contributed by atoms with van der Waals surface area (Å²) in [6.07, 6.45) is 1.75. The van der Waals surface area contributed by atoms with Crippen LogP contribution in [-0.4, -0.2) is 18.2 Å². The van der Waals surface area contributed by atoms with Gasteiger partial charge in [-0.2, -0.15) is 0 Å². The van der Waals surface area contributed by atoms with Crippen molar-refractivity contribution in [1.29, 1.82) is 0 Å². The molecule has 0 aliphatic heterocycles. The van der Waals surface area contributed by atoms with Gasteiger partial charge in [-0.25, -0.2) is 0 Å². The minimum Gasteiger partial charge on any atom is -0.490 e. The summed E-state index contributed by atoms with van der Waals surface area (Å²) in [5.41, 5.74) is 3.66. The van der Waals surface area contributed by atoms with Gasteiger partial charge in [-0.3, -0.25) is 15.1 Å². The van der Waals surface area contributed by atoms with Crippen LogP contribution in [0.15, 0.2) is 41.4 Å². The van der Waals surface area contributed by atoms with Gasteiger partial charge in [0.25, 0.3) is 0 Å². The Balaban J connectivity index is 2.30. The molecule has 2 aromatic carbocycles. The Kier molecular flexibility index (Phi) is 5.02. The molecule has 0 spiro atoms. The maximum absolute atomic E-state index is 11.0. The van der Waals surface area contributed by atoms with E-state index in [0.717, 1.165) is 11.1 Å². The third kappa shape index (κ3) is 3.98. The van der Waals surface area contributed by atoms with E-state index >= 15 is 0 Å². The Bertz CT molecular complexity index is 772. The van der Waals surface area contributed by atoms with Crippen molar-refractivity contribution in [2.45, 2.75) is 33.1 Å². The highest BCUT2D eigenvalue weighted by molar-refractivity contribution is 5.82. The fourth-order valence-electron chi connectivity index (χ4n) is 2.32. The first kappa shape index (κ1) is 17.7. The number of nitro groups is 1. The third-order valence-electron chi connectivity index (χ3n) is 3.82. The van der Waals surface area contributed by atoms with Gasteiger partial charge in [0.2, 0.25) is 0 Å². The Morgan fingerprint density at radius 1 is 1.17 bits per heavy atom. The highest BCUT2D eigenvalue weighted by Crippen LogP contribution is 2.34. The summed E-state index contributed by atoms with van der Waals surface area (Å²) in [5, 5.41) is 11.0. The topological polar surface area (TPSA) is 64.7 Å². The van der Waals surface area contributed by atoms with Crippen molar-refractivity contribution in [3.63, 3.8) is 0 Å². The average Bonchev–Trinajstić information content (AvgIpc) is 2.52. The van der Waals surface area contributed by atoms with Crippen molar-refractivity contribution in [1.82, 2.24) is 0 Å². The largest absolute Gasteiger partial charge is 0.490 e. The number of nitrogens with zero attached hydrogens (tertiary/aromatic N) is 2. The van der Waals surface area contributed by atoms with E-state index in [1.807, 2.05) is 12.1 Å². The van der Waals surface area contributed by atoms with Crippen LogP contribution in [0.4, 0.5) is 11.4 Å². The summed E-state index contributed by atoms with van der Waals surface area (Å²) in [6, 6.07) is 11.3. The standard InChI is InChI=1S/C19H22N2O3/c1-13-10-17(21(22)23)18(24-5)11-16(13)20-12-14-6-8-15(9-7-14)19(2,3)4/h6-12H,1-5H3. The minimum absolute atomic E-state index is 0.0523. The molecule has 126 valence electrons. The second kappa shape index (κ2) is 6.83. The second-order valence-corrected chi connectivity index (χ2v) is 6.70. The van der Waals surface area contributed by atoms with E-state index in [2.05, 4.69) is 37.9 Å². The molecule has 2 aromatic rings. The van der Waals surface area contributed by atoms with E-state index in [4.69, 9.17) is 4.74 Å². The van der Waals surface area contributed by atoms with Crippen molar-refractivity contribution < 1.29 is 9.66 Å². The summed E-state index contributed by atoms with van der Waals surface area (Å²) in [7, 11) is 1.41. The van der Waals surface area contributed by atoms with Crippen LogP contribution in [-0.2, 0) is 5.41 Å². The van der Waals surface area contributed by atoms with E-state index in [9.17, 15) is 10.1 Å². The molecular formula is C19H22N2O3. The number of ether oxygens (including phenoxy) is 1. The molecule has 0 heterocycles. The van der Waals surface area contributed by atoms with Gasteiger partial charge in [0.05, 0.1) is 17.7 Å². The molecule has 2 rings (SSSR count). The van der Waals surface area contributed by atoms with Gasteiger partial charge in [0.15, 0.2) is 5.75 Å². The lowest BCUT2D eigenvalue weighted by Crippen LogP contribution is -2.10. The van der Waals surface area contributed by atoms with Crippen LogP contribution in [0, 0.1) is 17.0 Å². The maximum atomic E-state index is 11.0. The summed E-state index contributed by atoms with van der Waals surface area (Å²) in [4.78, 5) is 15.0. The summed E-state index contributed by atoms with van der Waals surface area (Å²) in [5.74, 6) is 0.209. The van der Waals surface area contributed by atoms with E-state index in [1.165, 1.54) is 18.7 Å². The van der Waals surface area contributed by atoms with Crippen LogP contribution in [0.2, 0.25) is 0 Å². The number of benzene rings is 2. The van der Waals surface area contributed by atoms with Crippen LogP contribution in [0.25, 0.3) is 0 Å². The molecule has 0 radical (unpaired) electrons. The number of hydrogen-bond acceptors (Lipinski definition) is 4. The fourth-order valence-corrected chi connectivity index (χ4v) is 2.32. The molecule has 0 saturated heterocycles. The molecule has 0 atom stereocenters. The van der Waals surface area contributed by atoms with Crippen LogP contribution < -0.4 is 4.74 Å². The molecule has 0 bridgehead atoms. The molecule has 5 heteroatoms. The summed E-state index contributed by atoms with van der Waals surface area (Å²) >= 11 is 0. The van der Waals surface area contributed by atoms with Gasteiger partial charge in [-0.15, -0.1) is 0 Å². The van der Waals surface area contributed by atoms with Crippen LogP contribution >= 0.6 is 0 Å². The van der Waals surface area contributed by atoms with Gasteiger partial charge >= 0.3 is 5.69 Å². The summed E-state index contributed by atoms with van der Waals surface area (Å²) < 4.78 is 5.09. The average molecular weight is 326 g/mol. The fraction of sp³-hybridized carbons (Fsp3) is 0.316. The van der Waals surface area contributed by atoms with E-state index in [1.54, 1.807) is 19.2 Å². The van der Waals surface area contributed by atoms with Crippen molar-refractivity contribution in [3.05, 3.63) is 63.2 Å². The predicted octanol–water partition coefficient (Wildman–Crippen LogP) is 4.96. The zero-order valence-corrected chi connectivity index (χ0v) is 14.7. The van der Waals surface area contributed by atoms with Gasteiger partial charge in [0.1, 0.15) is 0 Å². The zero-order valence-electron chi connectivity index (χ0n) is 14.7. The molecule has 0 fully saturated rings. The first-order valence-corrected chi connectivity index (χ1v) is 7.70. The van der Waals surface area contributed by atoms with Crippen molar-refractivity contribution in [3.8, 4) is 5.75 Å². The van der Waals surface area contributed by atoms with E-state index in [-0.39, 0.29) is 16.9 Å². The Labute approximate surface area is 142 Å². The lowest BCUT2D eigenvalue weighted by atomic mass is 9.87. The summed E-state index contributed by atoms with van der Waals surface area (Å²) in [6.45, 7) is 8.30. The first-order valence-electron chi connectivity index (χ1n) is 7.70. The number of hydrogen-bond donors (Lipinski definition) is 0. The molecular weight excluding hydrogens is 304 g/mol. The van der Waals surface area contributed by atoms with Gasteiger partial charge in [-0.05, 0) is 29.0 Å². The van der Waals surface area contributed by atoms with Gasteiger partial charge in [-0.1, -0.05) is 45.0 Å². The molecule has 0 N–H and O–H groups in total. The molecule has 0 aromatic heterocycles. The quantitative estimate of drug-likeness (QED) is 0.453. The highest BCUT2D eigenvalue weighted by atomic mass is 16.6. The van der Waals surface area contributed by atoms with Crippen molar-refractivity contribution in [2.24, 2.45) is 4.99 Å². The third-order valence-corrected chi connectivity index (χ3v) is 3.82. The number of aliphatic imine (C=N–C) groups is 1. The molecule has 0 unspecified atom stereocenters. The molecule has 0 aliphatic rings. The number of nitro benzene ring substituents is 1. The monoisotopic (exact) mass is 326 g/mol. The molecule has 0 saturated carbocycles. The molecule has 5 nitrogen and oxygen atoms in total. The van der Waals surface area contributed by atoms with Crippen molar-refractivity contribution >= 4 is 17.6 Å². The number of rotatable bonds is 4. The van der Waals surface area contributed by atoms with Crippen LogP contribution in [0.1, 0.15) is 37.5 Å². The van der Waals surface area contributed by atoms with E-state index < -0.39 is 4.92 Å². The predicted molar refractivity (Wildman–Crippen MR) is 96.8 cm³/mol. The second-order valence-electron chi connectivity index (χ2n) is 6.70. The Hall–Kier alpha value is -2.69. The number of aryl methyl sites for hydroxylation is 1. The minimum atomic E-state index is -0.454. The smallest absolute Gasteiger partial charge is 0.311 e. The lowest BCUT2D eigenvalue weighted by molar-refractivity contribution is -0.385. The normalized spacial score (nSPS) is 11.7. The van der Waals surface area contributed by atoms with Crippen LogP contribution in [0.3, 0.4) is 0 Å². The number of methoxy groups -OCH3 is 1. The molecule has 24 heavy (non-hydrogen) atoms. The van der Waals surface area contributed by atoms with E-state index in [0.29, 0.717) is 5.69 Å². The van der Waals surface area contributed by atoms with Gasteiger partial charge < -0.3 is 4.74 Å². The molecule has 0 aliphatic carbocycles. The van der Waals surface area contributed by atoms with Gasteiger partial charge in [0, 0.05) is 18.3 Å². The SMILES string of the molecule is COc1cc(N=Cc2ccc(C(C)(C)C)cc2)c(C)cc1[N+](=O)[O-]. The Morgan fingerprint density at radius 2 is 1.79 bits per heavy atom. The zero-order chi connectivity index (χ0) is 17.9. The Morgan fingerprint density at radius 3 is 2.29 bits per heavy atom. The highest BCUT2D eigenvalue weighted by Gasteiger charge is 2.17. The molecule has 0 amide bonds. The maximum Gasteiger partial charge on any atom is 0.311 e. The first-order chi connectivity index (χ1) is 11.2.